The predicted molar refractivity (Wildman–Crippen MR) is 58.9 cm³/mol. The summed E-state index contributed by atoms with van der Waals surface area (Å²) in [7, 11) is 0. The zero-order valence-corrected chi connectivity index (χ0v) is 9.92. The van der Waals surface area contributed by atoms with Crippen molar-refractivity contribution in [2.75, 3.05) is 0 Å². The van der Waals surface area contributed by atoms with Gasteiger partial charge in [-0.2, -0.15) is 13.2 Å². The van der Waals surface area contributed by atoms with Gasteiger partial charge in [0, 0.05) is 13.0 Å². The number of hydrogen-bond acceptors (Lipinski definition) is 1. The average molecular weight is 288 g/mol. The maximum atomic E-state index is 12.8. The Kier molecular flexibility index (Phi) is 3.93. The van der Waals surface area contributed by atoms with E-state index in [-0.39, 0.29) is 30.1 Å². The summed E-state index contributed by atoms with van der Waals surface area (Å²) < 4.78 is 63.3. The van der Waals surface area contributed by atoms with Gasteiger partial charge in [-0.05, 0) is 23.3 Å². The highest BCUT2D eigenvalue weighted by atomic mass is 35.5. The summed E-state index contributed by atoms with van der Waals surface area (Å²) in [6, 6.07) is 3.00. The number of hydrogen-bond donors (Lipinski definition) is 1. The minimum atomic E-state index is -4.54. The van der Waals surface area contributed by atoms with Crippen LogP contribution in [-0.4, -0.2) is 5.92 Å². The molecule has 18 heavy (non-hydrogen) atoms. The second kappa shape index (κ2) is 4.66. The van der Waals surface area contributed by atoms with Crippen LogP contribution in [-0.2, 0) is 12.7 Å². The summed E-state index contributed by atoms with van der Waals surface area (Å²) in [4.78, 5) is 0. The summed E-state index contributed by atoms with van der Waals surface area (Å²) in [6.45, 7) is -0.102. The van der Waals surface area contributed by atoms with Gasteiger partial charge in [0.2, 0.25) is 0 Å². The third kappa shape index (κ3) is 2.92. The Labute approximate surface area is 107 Å². The largest absolute Gasteiger partial charge is 0.416 e. The number of nitrogens with two attached hydrogens (primary N) is 1. The quantitative estimate of drug-likeness (QED) is 0.825. The van der Waals surface area contributed by atoms with Crippen LogP contribution < -0.4 is 5.73 Å². The van der Waals surface area contributed by atoms with Crippen molar-refractivity contribution in [3.05, 3.63) is 34.9 Å². The molecular weight excluding hydrogens is 277 g/mol. The highest BCUT2D eigenvalue weighted by Crippen LogP contribution is 2.56. The van der Waals surface area contributed by atoms with E-state index in [0.717, 1.165) is 12.1 Å². The van der Waals surface area contributed by atoms with Crippen molar-refractivity contribution in [2.45, 2.75) is 31.0 Å². The summed E-state index contributed by atoms with van der Waals surface area (Å²) in [5.41, 5.74) is 4.58. The van der Waals surface area contributed by atoms with E-state index in [1.807, 2.05) is 0 Å². The van der Waals surface area contributed by atoms with Gasteiger partial charge >= 0.3 is 6.18 Å². The Bertz CT molecular complexity index is 444. The van der Waals surface area contributed by atoms with Crippen molar-refractivity contribution in [2.24, 2.45) is 5.73 Å². The van der Waals surface area contributed by atoms with Crippen LogP contribution in [0.3, 0.4) is 0 Å². The molecule has 0 amide bonds. The maximum Gasteiger partial charge on any atom is 0.416 e. The first-order valence-electron chi connectivity index (χ1n) is 5.03. The molecule has 1 atom stereocenters. The molecule has 0 bridgehead atoms. The molecule has 1 aromatic rings. The first kappa shape index (κ1) is 15.2. The summed E-state index contributed by atoms with van der Waals surface area (Å²) in [5, 5.41) is 0. The Morgan fingerprint density at radius 3 is 2.17 bits per heavy atom. The number of rotatable bonds is 2. The zero-order valence-electron chi connectivity index (χ0n) is 9.10. The SMILES string of the molecule is Cl.NCc1cc(C2CC2(F)F)cc(C(F)(F)F)c1. The highest BCUT2D eigenvalue weighted by Gasteiger charge is 2.57. The minimum absolute atomic E-state index is 0. The fourth-order valence-electron chi connectivity index (χ4n) is 1.78. The van der Waals surface area contributed by atoms with Crippen molar-refractivity contribution in [1.82, 2.24) is 0 Å². The normalized spacial score (nSPS) is 21.3. The number of alkyl halides is 5. The summed E-state index contributed by atoms with van der Waals surface area (Å²) >= 11 is 0. The molecule has 1 saturated carbocycles. The van der Waals surface area contributed by atoms with E-state index in [1.54, 1.807) is 0 Å². The van der Waals surface area contributed by atoms with Gasteiger partial charge in [0.05, 0.1) is 11.5 Å². The van der Waals surface area contributed by atoms with Crippen LogP contribution in [0.5, 0.6) is 0 Å². The van der Waals surface area contributed by atoms with Gasteiger partial charge < -0.3 is 5.73 Å². The molecular formula is C11H11ClF5N. The Morgan fingerprint density at radius 1 is 1.22 bits per heavy atom. The molecule has 1 nitrogen and oxygen atoms in total. The van der Waals surface area contributed by atoms with Crippen molar-refractivity contribution in [3.63, 3.8) is 0 Å². The van der Waals surface area contributed by atoms with E-state index >= 15 is 0 Å². The van der Waals surface area contributed by atoms with E-state index in [0.29, 0.717) is 0 Å². The molecule has 1 aromatic carbocycles. The van der Waals surface area contributed by atoms with Crippen LogP contribution in [0.2, 0.25) is 0 Å². The van der Waals surface area contributed by atoms with Gasteiger partial charge in [0.15, 0.2) is 0 Å². The second-order valence-electron chi connectivity index (χ2n) is 4.18. The van der Waals surface area contributed by atoms with Crippen LogP contribution in [0.25, 0.3) is 0 Å². The van der Waals surface area contributed by atoms with Crippen LogP contribution in [0.4, 0.5) is 22.0 Å². The molecule has 0 aliphatic heterocycles. The Hall–Kier alpha value is -0.880. The molecule has 0 spiro atoms. The van der Waals surface area contributed by atoms with Crippen molar-refractivity contribution >= 4 is 12.4 Å². The molecule has 1 aliphatic carbocycles. The third-order valence-electron chi connectivity index (χ3n) is 2.81. The number of halogens is 6. The van der Waals surface area contributed by atoms with Crippen LogP contribution in [0.1, 0.15) is 29.0 Å². The molecule has 0 radical (unpaired) electrons. The van der Waals surface area contributed by atoms with Crippen LogP contribution in [0, 0.1) is 0 Å². The van der Waals surface area contributed by atoms with Crippen LogP contribution >= 0.6 is 12.4 Å². The smallest absolute Gasteiger partial charge is 0.326 e. The van der Waals surface area contributed by atoms with Crippen molar-refractivity contribution in [1.29, 1.82) is 0 Å². The van der Waals surface area contributed by atoms with Gasteiger partial charge in [0.25, 0.3) is 5.92 Å². The topological polar surface area (TPSA) is 26.0 Å². The van der Waals surface area contributed by atoms with Crippen LogP contribution in [0.15, 0.2) is 18.2 Å². The van der Waals surface area contributed by atoms with E-state index in [4.69, 9.17) is 5.73 Å². The average Bonchev–Trinajstić information content (AvgIpc) is 2.86. The molecule has 2 rings (SSSR count). The molecule has 1 unspecified atom stereocenters. The molecule has 0 aromatic heterocycles. The zero-order chi connectivity index (χ0) is 12.8. The van der Waals surface area contributed by atoms with E-state index in [2.05, 4.69) is 0 Å². The lowest BCUT2D eigenvalue weighted by atomic mass is 10.0. The molecule has 2 N–H and O–H groups in total. The molecule has 1 aliphatic rings. The third-order valence-corrected chi connectivity index (χ3v) is 2.81. The first-order chi connectivity index (χ1) is 7.74. The molecule has 0 heterocycles. The molecule has 1 fully saturated rings. The lowest BCUT2D eigenvalue weighted by molar-refractivity contribution is -0.137. The van der Waals surface area contributed by atoms with Gasteiger partial charge in [-0.1, -0.05) is 6.07 Å². The van der Waals surface area contributed by atoms with Gasteiger partial charge in [-0.15, -0.1) is 12.4 Å². The Balaban J connectivity index is 0.00000162. The van der Waals surface area contributed by atoms with E-state index in [9.17, 15) is 22.0 Å². The first-order valence-corrected chi connectivity index (χ1v) is 5.03. The highest BCUT2D eigenvalue weighted by molar-refractivity contribution is 5.85. The fraction of sp³-hybridized carbons (Fsp3) is 0.455. The predicted octanol–water partition coefficient (Wildman–Crippen LogP) is 3.71. The van der Waals surface area contributed by atoms with E-state index < -0.39 is 30.0 Å². The lowest BCUT2D eigenvalue weighted by Gasteiger charge is -2.11. The van der Waals surface area contributed by atoms with Gasteiger partial charge in [-0.25, -0.2) is 8.78 Å². The minimum Gasteiger partial charge on any atom is -0.326 e. The number of benzene rings is 1. The van der Waals surface area contributed by atoms with Crippen molar-refractivity contribution in [3.8, 4) is 0 Å². The standard InChI is InChI=1S/C11H10F5N.ClH/c12-10(13)4-9(10)7-1-6(5-17)2-8(3-7)11(14,15)16;/h1-3,9H,4-5,17H2;1H. The van der Waals surface area contributed by atoms with E-state index in [1.165, 1.54) is 6.07 Å². The molecule has 7 heteroatoms. The summed E-state index contributed by atoms with van der Waals surface area (Å²) in [6.07, 6.45) is -4.93. The molecule has 102 valence electrons. The fourth-order valence-corrected chi connectivity index (χ4v) is 1.78. The Morgan fingerprint density at radius 2 is 1.78 bits per heavy atom. The van der Waals surface area contributed by atoms with Crippen molar-refractivity contribution < 1.29 is 22.0 Å². The van der Waals surface area contributed by atoms with Gasteiger partial charge in [-0.3, -0.25) is 0 Å². The monoisotopic (exact) mass is 287 g/mol. The second-order valence-corrected chi connectivity index (χ2v) is 4.18. The lowest BCUT2D eigenvalue weighted by Crippen LogP contribution is -2.09. The summed E-state index contributed by atoms with van der Waals surface area (Å²) in [5.74, 6) is -3.98. The van der Waals surface area contributed by atoms with Gasteiger partial charge in [0.1, 0.15) is 0 Å². The maximum absolute atomic E-state index is 12.8. The molecule has 0 saturated heterocycles.